The van der Waals surface area contributed by atoms with Crippen molar-refractivity contribution in [1.82, 2.24) is 0 Å². The van der Waals surface area contributed by atoms with Crippen LogP contribution in [-0.2, 0) is 12.8 Å². The van der Waals surface area contributed by atoms with Crippen LogP contribution in [0.1, 0.15) is 50.7 Å². The zero-order chi connectivity index (χ0) is 20.6. The summed E-state index contributed by atoms with van der Waals surface area (Å²) in [6.45, 7) is 4.45. The summed E-state index contributed by atoms with van der Waals surface area (Å²) in [5.74, 6) is 0. The molecule has 0 saturated heterocycles. The van der Waals surface area contributed by atoms with Gasteiger partial charge in [-0.2, -0.15) is 0 Å². The average molecular weight is 426 g/mol. The molecule has 0 N–H and O–H groups in total. The number of nitrogens with zero attached hydrogens (tertiary/aromatic N) is 1. The molecular weight excluding hydrogens is 397 g/mol. The predicted molar refractivity (Wildman–Crippen MR) is 128 cm³/mol. The third kappa shape index (κ3) is 5.56. The van der Waals surface area contributed by atoms with Crippen molar-refractivity contribution in [2.45, 2.75) is 52.4 Å². The molecule has 0 fully saturated rings. The Morgan fingerprint density at radius 3 is 1.59 bits per heavy atom. The molecule has 3 aromatic rings. The van der Waals surface area contributed by atoms with Crippen LogP contribution in [0.5, 0.6) is 0 Å². The average Bonchev–Trinajstić information content (AvgIpc) is 2.75. The van der Waals surface area contributed by atoms with Crippen LogP contribution in [0.3, 0.4) is 0 Å². The molecule has 0 saturated carbocycles. The molecule has 29 heavy (non-hydrogen) atoms. The topological polar surface area (TPSA) is 3.24 Å². The molecule has 0 aliphatic carbocycles. The maximum atomic E-state index is 6.61. The predicted octanol–water partition coefficient (Wildman–Crippen LogP) is 9.15. The molecule has 0 spiro atoms. The lowest BCUT2D eigenvalue weighted by molar-refractivity contribution is 0.795. The van der Waals surface area contributed by atoms with Crippen molar-refractivity contribution in [3.8, 4) is 0 Å². The number of benzene rings is 3. The maximum Gasteiger partial charge on any atom is 0.0832 e. The number of unbranched alkanes of at least 4 members (excludes halogenated alkanes) is 2. The molecule has 0 amide bonds. The van der Waals surface area contributed by atoms with Crippen LogP contribution in [0.25, 0.3) is 0 Å². The van der Waals surface area contributed by atoms with E-state index in [9.17, 15) is 0 Å². The van der Waals surface area contributed by atoms with Gasteiger partial charge in [-0.15, -0.1) is 0 Å². The van der Waals surface area contributed by atoms with Crippen LogP contribution in [0, 0.1) is 0 Å². The zero-order valence-corrected chi connectivity index (χ0v) is 18.8. The van der Waals surface area contributed by atoms with E-state index in [4.69, 9.17) is 23.2 Å². The summed E-state index contributed by atoms with van der Waals surface area (Å²) in [7, 11) is 0. The lowest BCUT2D eigenvalue weighted by Crippen LogP contribution is -2.10. The molecule has 0 aliphatic rings. The van der Waals surface area contributed by atoms with Gasteiger partial charge in [0.05, 0.1) is 15.7 Å². The largest absolute Gasteiger partial charge is 0.309 e. The van der Waals surface area contributed by atoms with E-state index >= 15 is 0 Å². The van der Waals surface area contributed by atoms with Gasteiger partial charge < -0.3 is 4.90 Å². The van der Waals surface area contributed by atoms with E-state index < -0.39 is 0 Å². The summed E-state index contributed by atoms with van der Waals surface area (Å²) >= 11 is 13.0. The molecule has 0 aromatic heterocycles. The monoisotopic (exact) mass is 425 g/mol. The zero-order valence-electron chi connectivity index (χ0n) is 17.3. The number of rotatable bonds is 9. The Balaban J connectivity index is 1.99. The highest BCUT2D eigenvalue weighted by Crippen LogP contribution is 2.41. The minimum absolute atomic E-state index is 0.563. The molecule has 0 aliphatic heterocycles. The summed E-state index contributed by atoms with van der Waals surface area (Å²) in [6, 6.07) is 23.3. The lowest BCUT2D eigenvalue weighted by atomic mass is 10.1. The van der Waals surface area contributed by atoms with Crippen molar-refractivity contribution in [1.29, 1.82) is 0 Å². The van der Waals surface area contributed by atoms with Crippen LogP contribution in [0.15, 0.2) is 66.7 Å². The molecule has 3 aromatic carbocycles. The molecule has 0 heterocycles. The summed E-state index contributed by atoms with van der Waals surface area (Å²) in [5.41, 5.74) is 5.78. The van der Waals surface area contributed by atoms with Crippen LogP contribution < -0.4 is 4.90 Å². The summed E-state index contributed by atoms with van der Waals surface area (Å²) < 4.78 is 0. The SMILES string of the molecule is CCCCc1ccc(N(c2ccc(CCCC)cc2)c2cccc(Cl)c2Cl)cc1. The van der Waals surface area contributed by atoms with Gasteiger partial charge in [-0.3, -0.25) is 0 Å². The van der Waals surface area contributed by atoms with Gasteiger partial charge in [-0.1, -0.05) is 80.2 Å². The Bertz CT molecular complexity index is 849. The van der Waals surface area contributed by atoms with E-state index in [1.165, 1.54) is 36.8 Å². The number of halogens is 2. The quantitative estimate of drug-likeness (QED) is 0.330. The van der Waals surface area contributed by atoms with Crippen LogP contribution in [0.4, 0.5) is 17.1 Å². The second-order valence-electron chi connectivity index (χ2n) is 7.45. The standard InChI is InChI=1S/C26H29Cl2N/c1-3-5-8-20-12-16-22(17-13-20)29(25-11-7-10-24(27)26(25)28)23-18-14-21(15-19-23)9-6-4-2/h7,10-19H,3-6,8-9H2,1-2H3. The molecule has 0 bridgehead atoms. The normalized spacial score (nSPS) is 10.9. The third-order valence-corrected chi connectivity index (χ3v) is 6.01. The van der Waals surface area contributed by atoms with Gasteiger partial charge in [0.1, 0.15) is 0 Å². The van der Waals surface area contributed by atoms with E-state index in [2.05, 4.69) is 67.3 Å². The van der Waals surface area contributed by atoms with E-state index in [0.717, 1.165) is 29.9 Å². The van der Waals surface area contributed by atoms with Crippen molar-refractivity contribution in [3.05, 3.63) is 87.9 Å². The van der Waals surface area contributed by atoms with Gasteiger partial charge in [0.15, 0.2) is 0 Å². The van der Waals surface area contributed by atoms with E-state index in [-0.39, 0.29) is 0 Å². The van der Waals surface area contributed by atoms with Crippen molar-refractivity contribution < 1.29 is 0 Å². The molecule has 1 nitrogen and oxygen atoms in total. The van der Waals surface area contributed by atoms with E-state index in [0.29, 0.717) is 10.0 Å². The van der Waals surface area contributed by atoms with Crippen molar-refractivity contribution >= 4 is 40.3 Å². The van der Waals surface area contributed by atoms with Crippen molar-refractivity contribution in [3.63, 3.8) is 0 Å². The molecule has 3 heteroatoms. The first-order chi connectivity index (χ1) is 14.1. The molecule has 0 unspecified atom stereocenters. The minimum atomic E-state index is 0.563. The third-order valence-electron chi connectivity index (χ3n) is 5.20. The van der Waals surface area contributed by atoms with Crippen LogP contribution in [-0.4, -0.2) is 0 Å². The van der Waals surface area contributed by atoms with Gasteiger partial charge in [0.2, 0.25) is 0 Å². The maximum absolute atomic E-state index is 6.61. The van der Waals surface area contributed by atoms with Gasteiger partial charge in [-0.05, 0) is 73.2 Å². The van der Waals surface area contributed by atoms with Crippen LogP contribution >= 0.6 is 23.2 Å². The highest BCUT2D eigenvalue weighted by Gasteiger charge is 2.17. The molecule has 3 rings (SSSR count). The van der Waals surface area contributed by atoms with Crippen LogP contribution in [0.2, 0.25) is 10.0 Å². The Morgan fingerprint density at radius 1 is 0.655 bits per heavy atom. The highest BCUT2D eigenvalue weighted by molar-refractivity contribution is 6.43. The molecule has 0 atom stereocenters. The molecule has 152 valence electrons. The van der Waals surface area contributed by atoms with Crippen molar-refractivity contribution in [2.75, 3.05) is 4.90 Å². The summed E-state index contributed by atoms with van der Waals surface area (Å²) in [5, 5.41) is 1.13. The molecular formula is C26H29Cl2N. The fourth-order valence-electron chi connectivity index (χ4n) is 3.48. The lowest BCUT2D eigenvalue weighted by Gasteiger charge is -2.27. The second-order valence-corrected chi connectivity index (χ2v) is 8.23. The number of anilines is 3. The minimum Gasteiger partial charge on any atom is -0.309 e. The Labute approximate surface area is 185 Å². The van der Waals surface area contributed by atoms with E-state index in [1.807, 2.05) is 18.2 Å². The van der Waals surface area contributed by atoms with Gasteiger partial charge in [0.25, 0.3) is 0 Å². The highest BCUT2D eigenvalue weighted by atomic mass is 35.5. The fraction of sp³-hybridized carbons (Fsp3) is 0.308. The number of hydrogen-bond acceptors (Lipinski definition) is 1. The first-order valence-corrected chi connectivity index (χ1v) is 11.3. The Morgan fingerprint density at radius 2 is 1.14 bits per heavy atom. The first kappa shape index (κ1) is 21.7. The summed E-state index contributed by atoms with van der Waals surface area (Å²) in [6.07, 6.45) is 7.05. The molecule has 0 radical (unpaired) electrons. The van der Waals surface area contributed by atoms with E-state index in [1.54, 1.807) is 0 Å². The van der Waals surface area contributed by atoms with Gasteiger partial charge in [0, 0.05) is 11.4 Å². The van der Waals surface area contributed by atoms with Gasteiger partial charge in [-0.25, -0.2) is 0 Å². The smallest absolute Gasteiger partial charge is 0.0832 e. The number of aryl methyl sites for hydroxylation is 2. The fourth-order valence-corrected chi connectivity index (χ4v) is 3.86. The second kappa shape index (κ2) is 10.7. The first-order valence-electron chi connectivity index (χ1n) is 10.6. The Kier molecular flexibility index (Phi) is 8.03. The summed E-state index contributed by atoms with van der Waals surface area (Å²) in [4.78, 5) is 2.18. The van der Waals surface area contributed by atoms with Crippen molar-refractivity contribution in [2.24, 2.45) is 0 Å². The Hall–Kier alpha value is -1.96. The number of hydrogen-bond donors (Lipinski definition) is 0. The van der Waals surface area contributed by atoms with Gasteiger partial charge >= 0.3 is 0 Å².